The maximum absolute atomic E-state index is 12.6. The molecule has 0 heterocycles. The smallest absolute Gasteiger partial charge is 0.194 e. The van der Waals surface area contributed by atoms with E-state index in [1.165, 1.54) is 0 Å². The molecule has 2 heteroatoms. The van der Waals surface area contributed by atoms with Crippen molar-refractivity contribution >= 4 is 5.78 Å². The Kier molecular flexibility index (Phi) is 4.88. The summed E-state index contributed by atoms with van der Waals surface area (Å²) in [5, 5.41) is 0. The number of ether oxygens (including phenoxy) is 1. The summed E-state index contributed by atoms with van der Waals surface area (Å²) in [4.78, 5) is 12.6. The molecule has 0 spiro atoms. The Bertz CT molecular complexity index is 378. The van der Waals surface area contributed by atoms with Gasteiger partial charge in [0.05, 0.1) is 0 Å². The van der Waals surface area contributed by atoms with Crippen LogP contribution in [0.15, 0.2) is 24.3 Å². The first-order valence-corrected chi connectivity index (χ1v) is 6.35. The molecule has 0 fully saturated rings. The highest BCUT2D eigenvalue weighted by Gasteiger charge is 2.36. The Morgan fingerprint density at radius 1 is 1.18 bits per heavy atom. The van der Waals surface area contributed by atoms with Crippen LogP contribution >= 0.6 is 0 Å². The van der Waals surface area contributed by atoms with Crippen LogP contribution in [0.4, 0.5) is 0 Å². The predicted molar refractivity (Wildman–Crippen MR) is 70.4 cm³/mol. The van der Waals surface area contributed by atoms with E-state index in [9.17, 15) is 4.79 Å². The van der Waals surface area contributed by atoms with E-state index in [2.05, 4.69) is 0 Å². The molecule has 0 atom stereocenters. The van der Waals surface area contributed by atoms with Crippen molar-refractivity contribution in [2.24, 2.45) is 0 Å². The van der Waals surface area contributed by atoms with Crippen molar-refractivity contribution in [3.8, 4) is 0 Å². The Hall–Kier alpha value is -1.15. The summed E-state index contributed by atoms with van der Waals surface area (Å²) < 4.78 is 5.75. The molecule has 0 aliphatic rings. The molecule has 17 heavy (non-hydrogen) atoms. The summed E-state index contributed by atoms with van der Waals surface area (Å²) in [6.45, 7) is 8.49. The largest absolute Gasteiger partial charge is 0.367 e. The monoisotopic (exact) mass is 234 g/mol. The van der Waals surface area contributed by atoms with E-state index in [0.29, 0.717) is 19.4 Å². The van der Waals surface area contributed by atoms with Crippen molar-refractivity contribution in [1.29, 1.82) is 0 Å². The van der Waals surface area contributed by atoms with E-state index in [1.807, 2.05) is 52.0 Å². The molecule has 0 amide bonds. The van der Waals surface area contributed by atoms with Crippen molar-refractivity contribution < 1.29 is 9.53 Å². The minimum atomic E-state index is -0.652. The molecule has 0 radical (unpaired) electrons. The fourth-order valence-electron chi connectivity index (χ4n) is 2.19. The van der Waals surface area contributed by atoms with E-state index in [-0.39, 0.29) is 5.78 Å². The molecule has 1 aromatic rings. The maximum Gasteiger partial charge on any atom is 0.194 e. The van der Waals surface area contributed by atoms with Crippen molar-refractivity contribution in [2.45, 2.75) is 46.1 Å². The van der Waals surface area contributed by atoms with Crippen LogP contribution in [0, 0.1) is 6.92 Å². The summed E-state index contributed by atoms with van der Waals surface area (Å²) in [7, 11) is 0. The lowest BCUT2D eigenvalue weighted by molar-refractivity contribution is -0.0250. The van der Waals surface area contributed by atoms with Crippen LogP contribution in [-0.2, 0) is 4.74 Å². The quantitative estimate of drug-likeness (QED) is 0.700. The molecule has 1 rings (SSSR count). The summed E-state index contributed by atoms with van der Waals surface area (Å²) in [5.74, 6) is 0.113. The number of rotatable bonds is 6. The summed E-state index contributed by atoms with van der Waals surface area (Å²) in [6, 6.07) is 7.71. The normalized spacial score (nSPS) is 11.5. The van der Waals surface area contributed by atoms with Crippen LogP contribution in [0.3, 0.4) is 0 Å². The van der Waals surface area contributed by atoms with Crippen LogP contribution < -0.4 is 0 Å². The van der Waals surface area contributed by atoms with Crippen LogP contribution in [0.1, 0.15) is 49.5 Å². The first kappa shape index (κ1) is 13.9. The molecular weight excluding hydrogens is 212 g/mol. The highest BCUT2D eigenvalue weighted by atomic mass is 16.5. The third-order valence-electron chi connectivity index (χ3n) is 3.37. The number of carbonyl (C=O) groups excluding carboxylic acids is 1. The van der Waals surface area contributed by atoms with Gasteiger partial charge in [0.2, 0.25) is 0 Å². The van der Waals surface area contributed by atoms with Gasteiger partial charge in [-0.05, 0) is 32.3 Å². The number of carbonyl (C=O) groups is 1. The molecular formula is C15H22O2. The van der Waals surface area contributed by atoms with E-state index in [0.717, 1.165) is 11.1 Å². The molecule has 0 aliphatic carbocycles. The van der Waals surface area contributed by atoms with Gasteiger partial charge in [-0.3, -0.25) is 4.79 Å². The number of ketones is 1. The average molecular weight is 234 g/mol. The zero-order chi connectivity index (χ0) is 12.9. The Balaban J connectivity index is 3.12. The number of aryl methyl sites for hydroxylation is 1. The Morgan fingerprint density at radius 3 is 2.24 bits per heavy atom. The zero-order valence-corrected chi connectivity index (χ0v) is 11.2. The van der Waals surface area contributed by atoms with Crippen LogP contribution in [0.25, 0.3) is 0 Å². The van der Waals surface area contributed by atoms with Gasteiger partial charge in [-0.2, -0.15) is 0 Å². The maximum atomic E-state index is 12.6. The number of hydrogen-bond acceptors (Lipinski definition) is 2. The third-order valence-corrected chi connectivity index (χ3v) is 3.37. The topological polar surface area (TPSA) is 26.3 Å². The zero-order valence-electron chi connectivity index (χ0n) is 11.2. The van der Waals surface area contributed by atoms with Crippen molar-refractivity contribution in [1.82, 2.24) is 0 Å². The molecule has 2 nitrogen and oxygen atoms in total. The van der Waals surface area contributed by atoms with E-state index in [1.54, 1.807) is 0 Å². The minimum absolute atomic E-state index is 0.113. The first-order valence-electron chi connectivity index (χ1n) is 6.35. The lowest BCUT2D eigenvalue weighted by Gasteiger charge is -2.30. The Morgan fingerprint density at radius 2 is 1.76 bits per heavy atom. The van der Waals surface area contributed by atoms with Gasteiger partial charge in [-0.25, -0.2) is 0 Å². The first-order chi connectivity index (χ1) is 8.11. The van der Waals surface area contributed by atoms with Crippen molar-refractivity contribution in [3.63, 3.8) is 0 Å². The summed E-state index contributed by atoms with van der Waals surface area (Å²) in [6.07, 6.45) is 1.43. The van der Waals surface area contributed by atoms with Gasteiger partial charge in [0.25, 0.3) is 0 Å². The highest BCUT2D eigenvalue weighted by molar-refractivity contribution is 6.03. The lowest BCUT2D eigenvalue weighted by Crippen LogP contribution is -2.41. The van der Waals surface area contributed by atoms with Gasteiger partial charge in [0.15, 0.2) is 5.78 Å². The molecule has 0 aliphatic heterocycles. The van der Waals surface area contributed by atoms with E-state index >= 15 is 0 Å². The molecule has 1 aromatic carbocycles. The van der Waals surface area contributed by atoms with Crippen LogP contribution in [0.5, 0.6) is 0 Å². The Labute approximate surface area is 104 Å². The number of Topliss-reactive ketones (excluding diaryl/α,β-unsaturated/α-hetero) is 1. The van der Waals surface area contributed by atoms with Gasteiger partial charge in [0.1, 0.15) is 5.60 Å². The SMILES string of the molecule is CCOC(CC)(CC)C(=O)c1ccccc1C. The number of benzene rings is 1. The van der Waals surface area contributed by atoms with Gasteiger partial charge in [0, 0.05) is 12.2 Å². The third kappa shape index (κ3) is 2.75. The fraction of sp³-hybridized carbons (Fsp3) is 0.533. The molecule has 0 saturated heterocycles. The molecule has 0 unspecified atom stereocenters. The van der Waals surface area contributed by atoms with Crippen molar-refractivity contribution in [2.75, 3.05) is 6.61 Å². The minimum Gasteiger partial charge on any atom is -0.367 e. The molecule has 94 valence electrons. The van der Waals surface area contributed by atoms with Crippen LogP contribution in [-0.4, -0.2) is 18.0 Å². The van der Waals surface area contributed by atoms with Crippen LogP contribution in [0.2, 0.25) is 0 Å². The van der Waals surface area contributed by atoms with Gasteiger partial charge < -0.3 is 4.74 Å². The van der Waals surface area contributed by atoms with Gasteiger partial charge in [-0.15, -0.1) is 0 Å². The molecule has 0 aromatic heterocycles. The summed E-state index contributed by atoms with van der Waals surface area (Å²) >= 11 is 0. The highest BCUT2D eigenvalue weighted by Crippen LogP contribution is 2.27. The molecule has 0 saturated carbocycles. The standard InChI is InChI=1S/C15H22O2/c1-5-15(6-2,17-7-3)14(16)13-11-9-8-10-12(13)4/h8-11H,5-7H2,1-4H3. The lowest BCUT2D eigenvalue weighted by atomic mass is 9.86. The predicted octanol–water partition coefficient (Wildman–Crippen LogP) is 3.77. The molecule has 0 bridgehead atoms. The van der Waals surface area contributed by atoms with E-state index in [4.69, 9.17) is 4.74 Å². The van der Waals surface area contributed by atoms with E-state index < -0.39 is 5.60 Å². The van der Waals surface area contributed by atoms with Crippen molar-refractivity contribution in [3.05, 3.63) is 35.4 Å². The second-order valence-corrected chi connectivity index (χ2v) is 4.28. The molecule has 0 N–H and O–H groups in total. The summed E-state index contributed by atoms with van der Waals surface area (Å²) in [5.41, 5.74) is 1.15. The fourth-order valence-corrected chi connectivity index (χ4v) is 2.19. The number of hydrogen-bond donors (Lipinski definition) is 0. The second-order valence-electron chi connectivity index (χ2n) is 4.28. The van der Waals surface area contributed by atoms with Gasteiger partial charge >= 0.3 is 0 Å². The second kappa shape index (κ2) is 5.97. The van der Waals surface area contributed by atoms with Gasteiger partial charge in [-0.1, -0.05) is 38.1 Å². The average Bonchev–Trinajstić information content (AvgIpc) is 2.36.